The molecule has 0 radical (unpaired) electrons. The van der Waals surface area contributed by atoms with Gasteiger partial charge in [0.05, 0.1) is 4.90 Å². The summed E-state index contributed by atoms with van der Waals surface area (Å²) < 4.78 is 41.5. The second-order valence-corrected chi connectivity index (χ2v) is 7.74. The molecule has 2 N–H and O–H groups in total. The molecule has 0 aliphatic heterocycles. The molecule has 2 rings (SSSR count). The van der Waals surface area contributed by atoms with Crippen LogP contribution in [0.1, 0.15) is 44.2 Å². The van der Waals surface area contributed by atoms with Gasteiger partial charge in [-0.15, -0.1) is 0 Å². The van der Waals surface area contributed by atoms with Crippen LogP contribution in [0.15, 0.2) is 17.0 Å². The predicted molar refractivity (Wildman–Crippen MR) is 81.1 cm³/mol. The molecule has 118 valence electrons. The van der Waals surface area contributed by atoms with E-state index < -0.39 is 10.0 Å². The molecule has 0 atom stereocenters. The smallest absolute Gasteiger partial charge is 0.241 e. The Hall–Kier alpha value is -0.980. The van der Waals surface area contributed by atoms with Crippen LogP contribution in [0.2, 0.25) is 0 Å². The molecule has 1 aromatic carbocycles. The van der Waals surface area contributed by atoms with E-state index in [4.69, 9.17) is 0 Å². The summed E-state index contributed by atoms with van der Waals surface area (Å²) in [6.07, 6.45) is 2.63. The first-order valence-corrected chi connectivity index (χ1v) is 8.79. The zero-order valence-corrected chi connectivity index (χ0v) is 13.6. The number of hydrogen-bond donors (Lipinski definition) is 2. The Morgan fingerprint density at radius 2 is 2.00 bits per heavy atom. The lowest BCUT2D eigenvalue weighted by Crippen LogP contribution is -2.34. The fourth-order valence-corrected chi connectivity index (χ4v) is 3.76. The SMILES string of the molecule is CCCNCc1cc(S(=O)(=O)NC2(C)CC2)cc(C)c1F. The molecule has 21 heavy (non-hydrogen) atoms. The molecule has 0 bridgehead atoms. The Balaban J connectivity index is 2.27. The van der Waals surface area contributed by atoms with E-state index in [0.29, 0.717) is 17.7 Å². The van der Waals surface area contributed by atoms with Crippen LogP contribution in [0.25, 0.3) is 0 Å². The summed E-state index contributed by atoms with van der Waals surface area (Å²) in [6, 6.07) is 2.83. The number of benzene rings is 1. The van der Waals surface area contributed by atoms with E-state index in [2.05, 4.69) is 10.0 Å². The number of sulfonamides is 1. The van der Waals surface area contributed by atoms with Gasteiger partial charge >= 0.3 is 0 Å². The van der Waals surface area contributed by atoms with Crippen molar-refractivity contribution < 1.29 is 12.8 Å². The number of aryl methyl sites for hydroxylation is 1. The fraction of sp³-hybridized carbons (Fsp3) is 0.600. The Kier molecular flexibility index (Phi) is 4.70. The van der Waals surface area contributed by atoms with Crippen LogP contribution in [0.4, 0.5) is 4.39 Å². The molecular weight excluding hydrogens is 291 g/mol. The van der Waals surface area contributed by atoms with Crippen LogP contribution >= 0.6 is 0 Å². The van der Waals surface area contributed by atoms with Gasteiger partial charge in [0, 0.05) is 17.6 Å². The fourth-order valence-electron chi connectivity index (χ4n) is 2.16. The van der Waals surface area contributed by atoms with E-state index in [1.165, 1.54) is 12.1 Å². The Morgan fingerprint density at radius 1 is 1.33 bits per heavy atom. The monoisotopic (exact) mass is 314 g/mol. The maximum atomic E-state index is 14.1. The summed E-state index contributed by atoms with van der Waals surface area (Å²) in [5.41, 5.74) is 0.416. The number of nitrogens with one attached hydrogen (secondary N) is 2. The van der Waals surface area contributed by atoms with Crippen molar-refractivity contribution in [3.8, 4) is 0 Å². The lowest BCUT2D eigenvalue weighted by Gasteiger charge is -2.15. The van der Waals surface area contributed by atoms with Crippen molar-refractivity contribution >= 4 is 10.0 Å². The number of rotatable bonds is 7. The summed E-state index contributed by atoms with van der Waals surface area (Å²) in [7, 11) is -3.59. The van der Waals surface area contributed by atoms with Crippen LogP contribution in [0.5, 0.6) is 0 Å². The third-order valence-corrected chi connectivity index (χ3v) is 5.35. The van der Waals surface area contributed by atoms with E-state index in [9.17, 15) is 12.8 Å². The third kappa shape index (κ3) is 4.02. The molecule has 1 aliphatic carbocycles. The minimum Gasteiger partial charge on any atom is -0.313 e. The maximum absolute atomic E-state index is 14.1. The summed E-state index contributed by atoms with van der Waals surface area (Å²) in [6.45, 7) is 6.60. The highest BCUT2D eigenvalue weighted by atomic mass is 32.2. The molecule has 0 aromatic heterocycles. The van der Waals surface area contributed by atoms with Crippen molar-refractivity contribution in [3.05, 3.63) is 29.1 Å². The van der Waals surface area contributed by atoms with E-state index in [1.807, 2.05) is 13.8 Å². The minimum absolute atomic E-state index is 0.142. The highest BCUT2D eigenvalue weighted by Gasteiger charge is 2.41. The Bertz CT molecular complexity index is 625. The van der Waals surface area contributed by atoms with Crippen LogP contribution < -0.4 is 10.0 Å². The summed E-state index contributed by atoms with van der Waals surface area (Å²) in [5, 5.41) is 3.10. The molecule has 0 heterocycles. The average molecular weight is 314 g/mol. The van der Waals surface area contributed by atoms with Crippen molar-refractivity contribution in [3.63, 3.8) is 0 Å². The molecule has 0 amide bonds. The molecule has 1 fully saturated rings. The van der Waals surface area contributed by atoms with Gasteiger partial charge in [-0.25, -0.2) is 17.5 Å². The molecule has 4 nitrogen and oxygen atoms in total. The lowest BCUT2D eigenvalue weighted by molar-refractivity contribution is 0.554. The molecule has 1 aromatic rings. The van der Waals surface area contributed by atoms with Gasteiger partial charge in [0.2, 0.25) is 10.0 Å². The van der Waals surface area contributed by atoms with Gasteiger partial charge < -0.3 is 5.32 Å². The summed E-state index contributed by atoms with van der Waals surface area (Å²) >= 11 is 0. The summed E-state index contributed by atoms with van der Waals surface area (Å²) in [5.74, 6) is -0.338. The van der Waals surface area contributed by atoms with Crippen LogP contribution in [-0.2, 0) is 16.6 Å². The molecule has 1 aliphatic rings. The first-order valence-electron chi connectivity index (χ1n) is 7.31. The second-order valence-electron chi connectivity index (χ2n) is 6.06. The third-order valence-electron chi connectivity index (χ3n) is 3.74. The highest BCUT2D eigenvalue weighted by Crippen LogP contribution is 2.36. The lowest BCUT2D eigenvalue weighted by atomic mass is 10.1. The number of halogens is 1. The Labute approximate surface area is 126 Å². The molecule has 0 saturated heterocycles. The Morgan fingerprint density at radius 3 is 2.57 bits per heavy atom. The van der Waals surface area contributed by atoms with Crippen LogP contribution in [0.3, 0.4) is 0 Å². The van der Waals surface area contributed by atoms with Gasteiger partial charge in [0.1, 0.15) is 5.82 Å². The first kappa shape index (κ1) is 16.4. The van der Waals surface area contributed by atoms with Gasteiger partial charge in [-0.2, -0.15) is 0 Å². The zero-order valence-electron chi connectivity index (χ0n) is 12.8. The largest absolute Gasteiger partial charge is 0.313 e. The molecule has 6 heteroatoms. The number of hydrogen-bond acceptors (Lipinski definition) is 3. The van der Waals surface area contributed by atoms with E-state index in [-0.39, 0.29) is 16.3 Å². The summed E-state index contributed by atoms with van der Waals surface area (Å²) in [4.78, 5) is 0.142. The zero-order chi connectivity index (χ0) is 15.7. The van der Waals surface area contributed by atoms with Gasteiger partial charge in [0.15, 0.2) is 0 Å². The van der Waals surface area contributed by atoms with Crippen molar-refractivity contribution in [2.75, 3.05) is 6.54 Å². The maximum Gasteiger partial charge on any atom is 0.241 e. The topological polar surface area (TPSA) is 58.2 Å². The van der Waals surface area contributed by atoms with E-state index >= 15 is 0 Å². The van der Waals surface area contributed by atoms with Gasteiger partial charge in [-0.3, -0.25) is 0 Å². The average Bonchev–Trinajstić information content (AvgIpc) is 3.10. The van der Waals surface area contributed by atoms with Crippen molar-refractivity contribution in [1.82, 2.24) is 10.0 Å². The molecule has 0 spiro atoms. The van der Waals surface area contributed by atoms with E-state index in [0.717, 1.165) is 25.8 Å². The van der Waals surface area contributed by atoms with Crippen molar-refractivity contribution in [2.24, 2.45) is 0 Å². The molecule has 1 saturated carbocycles. The quantitative estimate of drug-likeness (QED) is 0.760. The minimum atomic E-state index is -3.59. The van der Waals surface area contributed by atoms with E-state index in [1.54, 1.807) is 6.92 Å². The van der Waals surface area contributed by atoms with Crippen molar-refractivity contribution in [2.45, 2.75) is 57.0 Å². The normalized spacial score (nSPS) is 17.0. The van der Waals surface area contributed by atoms with Gasteiger partial charge in [0.25, 0.3) is 0 Å². The van der Waals surface area contributed by atoms with Crippen LogP contribution in [0, 0.1) is 12.7 Å². The molecule has 0 unspecified atom stereocenters. The highest BCUT2D eigenvalue weighted by molar-refractivity contribution is 7.89. The van der Waals surface area contributed by atoms with Gasteiger partial charge in [-0.05, 0) is 57.4 Å². The van der Waals surface area contributed by atoms with Gasteiger partial charge in [-0.1, -0.05) is 6.92 Å². The molecular formula is C15H23FN2O2S. The standard InChI is InChI=1S/C15H23FN2O2S/c1-4-7-17-10-12-9-13(8-11(2)14(12)16)21(19,20)18-15(3)5-6-15/h8-9,17-18H,4-7,10H2,1-3H3. The van der Waals surface area contributed by atoms with Crippen LogP contribution in [-0.4, -0.2) is 20.5 Å². The van der Waals surface area contributed by atoms with Crippen molar-refractivity contribution in [1.29, 1.82) is 0 Å². The first-order chi connectivity index (χ1) is 9.77. The second kappa shape index (κ2) is 6.02. The predicted octanol–water partition coefficient (Wildman–Crippen LogP) is 2.46.